The fraction of sp³-hybridized carbons (Fsp3) is 0.806. The Morgan fingerprint density at radius 1 is 1.03 bits per heavy atom. The van der Waals surface area contributed by atoms with E-state index >= 15 is 0 Å². The topological polar surface area (TPSA) is 74.8 Å². The first-order chi connectivity index (χ1) is 16.6. The van der Waals surface area contributed by atoms with Crippen molar-refractivity contribution in [2.24, 2.45) is 50.2 Å². The molecule has 0 spiro atoms. The van der Waals surface area contributed by atoms with Gasteiger partial charge in [-0.05, 0) is 79.1 Å². The van der Waals surface area contributed by atoms with Crippen LogP contribution in [0.15, 0.2) is 11.6 Å². The Labute approximate surface area is 215 Å². The van der Waals surface area contributed by atoms with Gasteiger partial charge in [0.05, 0.1) is 11.5 Å². The van der Waals surface area contributed by atoms with Gasteiger partial charge >= 0.3 is 5.72 Å². The zero-order valence-corrected chi connectivity index (χ0v) is 23.0. The first kappa shape index (κ1) is 24.4. The van der Waals surface area contributed by atoms with Crippen molar-refractivity contribution in [3.8, 4) is 6.07 Å². The maximum atomic E-state index is 14.3. The molecule has 0 aromatic carbocycles. The van der Waals surface area contributed by atoms with Crippen molar-refractivity contribution in [3.63, 3.8) is 0 Å². The smallest absolute Gasteiger partial charge is 0.295 e. The van der Waals surface area contributed by atoms with Crippen molar-refractivity contribution in [2.45, 2.75) is 105 Å². The van der Waals surface area contributed by atoms with Crippen LogP contribution in [0, 0.1) is 68.1 Å². The van der Waals surface area contributed by atoms with Crippen molar-refractivity contribution < 1.29 is 14.3 Å². The van der Waals surface area contributed by atoms with Crippen LogP contribution in [0.3, 0.4) is 0 Å². The van der Waals surface area contributed by atoms with Gasteiger partial charge in [-0.1, -0.05) is 54.0 Å². The molecule has 9 atom stereocenters. The Morgan fingerprint density at radius 3 is 2.33 bits per heavy atom. The molecule has 0 N–H and O–H groups in total. The summed E-state index contributed by atoms with van der Waals surface area (Å²) in [4.78, 5) is 31.5. The summed E-state index contributed by atoms with van der Waals surface area (Å²) in [5, 5.41) is 10.4. The van der Waals surface area contributed by atoms with Crippen molar-refractivity contribution in [1.82, 2.24) is 0 Å². The van der Waals surface area contributed by atoms with E-state index in [2.05, 4.69) is 45.5 Å². The van der Waals surface area contributed by atoms with E-state index in [-0.39, 0.29) is 45.6 Å². The molecule has 1 aliphatic heterocycles. The number of ketones is 2. The molecular weight excluding hydrogens is 448 g/mol. The molecule has 0 aromatic heterocycles. The molecule has 0 bridgehead atoms. The van der Waals surface area contributed by atoms with Crippen LogP contribution in [-0.2, 0) is 14.3 Å². The number of nitrogens with zero attached hydrogens (tertiary/aromatic N) is 2. The van der Waals surface area contributed by atoms with E-state index in [0.29, 0.717) is 0 Å². The third kappa shape index (κ3) is 2.41. The number of epoxide rings is 1. The number of ether oxygens (including phenoxy) is 1. The lowest BCUT2D eigenvalue weighted by molar-refractivity contribution is -0.167. The third-order valence-electron chi connectivity index (χ3n) is 12.9. The molecule has 6 aliphatic rings. The summed E-state index contributed by atoms with van der Waals surface area (Å²) in [5.41, 5.74) is -2.29. The average molecular weight is 489 g/mol. The minimum atomic E-state index is -1.40. The van der Waals surface area contributed by atoms with E-state index in [9.17, 15) is 14.9 Å². The van der Waals surface area contributed by atoms with Crippen molar-refractivity contribution in [2.75, 3.05) is 0 Å². The highest BCUT2D eigenvalue weighted by Crippen LogP contribution is 2.77. The van der Waals surface area contributed by atoms with Gasteiger partial charge in [-0.25, -0.2) is 6.57 Å². The van der Waals surface area contributed by atoms with E-state index in [0.717, 1.165) is 50.5 Å². The van der Waals surface area contributed by atoms with Crippen molar-refractivity contribution in [1.29, 1.82) is 5.26 Å². The SMILES string of the molecule is [C-]#[N+][C@@]12O[C@@H]1[C@]1(C)C3=CC(=O)[C@@H]4[C@@H]5CC(C)(C)CC[C@]5(C#N)CC[C@@]4(C)[C@]3(C)CC[C@H]1C(C)(C)C2=O. The number of fused-ring (bicyclic) bond motifs is 9. The Bertz CT molecular complexity index is 1220. The predicted molar refractivity (Wildman–Crippen MR) is 135 cm³/mol. The molecule has 1 heterocycles. The van der Waals surface area contributed by atoms with E-state index in [4.69, 9.17) is 11.3 Å². The number of carbonyl (C=O) groups is 2. The van der Waals surface area contributed by atoms with Gasteiger partial charge in [0.25, 0.3) is 5.78 Å². The minimum Gasteiger partial charge on any atom is -0.295 e. The normalized spacial score (nSPS) is 53.8. The molecule has 6 rings (SSSR count). The Kier molecular flexibility index (Phi) is 4.42. The van der Waals surface area contributed by atoms with E-state index in [1.807, 2.05) is 19.9 Å². The predicted octanol–water partition coefficient (Wildman–Crippen LogP) is 6.29. The van der Waals surface area contributed by atoms with Crippen LogP contribution < -0.4 is 0 Å². The fourth-order valence-corrected chi connectivity index (χ4v) is 10.6. The maximum Gasteiger partial charge on any atom is 0.424 e. The summed E-state index contributed by atoms with van der Waals surface area (Å²) < 4.78 is 6.08. The van der Waals surface area contributed by atoms with Crippen LogP contribution in [0.4, 0.5) is 0 Å². The van der Waals surface area contributed by atoms with Crippen LogP contribution >= 0.6 is 0 Å². The van der Waals surface area contributed by atoms with Gasteiger partial charge in [0, 0.05) is 16.7 Å². The highest BCUT2D eigenvalue weighted by Gasteiger charge is 2.87. The van der Waals surface area contributed by atoms with Crippen LogP contribution in [0.5, 0.6) is 0 Å². The van der Waals surface area contributed by atoms with Crippen LogP contribution in [0.25, 0.3) is 4.85 Å². The summed E-state index contributed by atoms with van der Waals surface area (Å²) in [6.07, 6.45) is 7.80. The third-order valence-corrected chi connectivity index (χ3v) is 12.9. The van der Waals surface area contributed by atoms with Gasteiger partial charge in [-0.3, -0.25) is 19.2 Å². The van der Waals surface area contributed by atoms with Gasteiger partial charge in [0.15, 0.2) is 11.9 Å². The number of rotatable bonds is 0. The second-order valence-corrected chi connectivity index (χ2v) is 15.2. The summed E-state index contributed by atoms with van der Waals surface area (Å²) in [5.74, 6) is 0.0129. The fourth-order valence-electron chi connectivity index (χ4n) is 10.6. The molecule has 0 aromatic rings. The average Bonchev–Trinajstić information content (AvgIpc) is 3.56. The summed E-state index contributed by atoms with van der Waals surface area (Å²) in [6, 6.07) is 2.74. The second-order valence-electron chi connectivity index (χ2n) is 15.2. The van der Waals surface area contributed by atoms with E-state index < -0.39 is 28.1 Å². The molecule has 0 radical (unpaired) electrons. The maximum absolute atomic E-state index is 14.3. The number of Topliss-reactive ketones (excluding diaryl/α,β-unsaturated/α-hetero) is 1. The van der Waals surface area contributed by atoms with Crippen LogP contribution in [0.1, 0.15) is 93.4 Å². The lowest BCUT2D eigenvalue weighted by Gasteiger charge is -2.68. The first-order valence-corrected chi connectivity index (χ1v) is 13.9. The first-order valence-electron chi connectivity index (χ1n) is 13.9. The molecule has 0 unspecified atom stereocenters. The molecule has 192 valence electrons. The monoisotopic (exact) mass is 488 g/mol. The largest absolute Gasteiger partial charge is 0.424 e. The summed E-state index contributed by atoms with van der Waals surface area (Å²) >= 11 is 0. The Balaban J connectivity index is 1.53. The lowest BCUT2D eigenvalue weighted by atomic mass is 9.34. The van der Waals surface area contributed by atoms with Gasteiger partial charge in [0.2, 0.25) is 0 Å². The molecule has 1 saturated heterocycles. The summed E-state index contributed by atoms with van der Waals surface area (Å²) in [6.45, 7) is 23.3. The van der Waals surface area contributed by atoms with Crippen LogP contribution in [0.2, 0.25) is 0 Å². The second kappa shape index (κ2) is 6.53. The molecule has 5 aliphatic carbocycles. The van der Waals surface area contributed by atoms with Gasteiger partial charge in [-0.15, -0.1) is 0 Å². The quantitative estimate of drug-likeness (QED) is 0.296. The zero-order valence-electron chi connectivity index (χ0n) is 23.0. The van der Waals surface area contributed by atoms with Gasteiger partial charge < -0.3 is 0 Å². The molecular formula is C31H40N2O3. The number of carbonyl (C=O) groups excluding carboxylic acids is 2. The number of nitriles is 1. The van der Waals surface area contributed by atoms with Gasteiger partial charge in [-0.2, -0.15) is 5.26 Å². The molecule has 4 saturated carbocycles. The van der Waals surface area contributed by atoms with E-state index in [1.54, 1.807) is 0 Å². The highest BCUT2D eigenvalue weighted by molar-refractivity contribution is 6.00. The Hall–Kier alpha value is -1.98. The molecule has 5 heteroatoms. The van der Waals surface area contributed by atoms with Crippen molar-refractivity contribution >= 4 is 11.6 Å². The zero-order chi connectivity index (χ0) is 26.3. The number of allylic oxidation sites excluding steroid dienone is 1. The van der Waals surface area contributed by atoms with Crippen LogP contribution in [-0.4, -0.2) is 23.4 Å². The molecule has 5 fully saturated rings. The molecule has 5 nitrogen and oxygen atoms in total. The summed E-state index contributed by atoms with van der Waals surface area (Å²) in [7, 11) is 0. The van der Waals surface area contributed by atoms with Gasteiger partial charge in [0.1, 0.15) is 0 Å². The van der Waals surface area contributed by atoms with Crippen molar-refractivity contribution in [3.05, 3.63) is 23.1 Å². The number of hydrogen-bond acceptors (Lipinski definition) is 4. The number of hydrogen-bond donors (Lipinski definition) is 0. The minimum absolute atomic E-state index is 0.0301. The molecule has 0 amide bonds. The molecule has 36 heavy (non-hydrogen) atoms. The highest BCUT2D eigenvalue weighted by atomic mass is 16.6. The lowest BCUT2D eigenvalue weighted by Crippen LogP contribution is -2.67. The Morgan fingerprint density at radius 2 is 1.69 bits per heavy atom. The van der Waals surface area contributed by atoms with E-state index in [1.165, 1.54) is 0 Å². The standard InChI is InChI=1S/C31H40N2O3/c1-25(2)11-13-30(17-32)14-12-28(6)22(18(30)16-25)19(34)15-21-27(28,5)10-9-20-26(3,4)23(35)31(33-8)24(36-31)29(20,21)7/h15,18,20,22,24H,9-14,16H2,1-7H3/t18-,20-,22-,24+,27+,28+,29-,30+,31-/m0/s1.